The fourth-order valence-electron chi connectivity index (χ4n) is 2.79. The third-order valence-corrected chi connectivity index (χ3v) is 3.98. The Morgan fingerprint density at radius 3 is 2.26 bits per heavy atom. The average molecular weight is 263 g/mol. The lowest BCUT2D eigenvalue weighted by molar-refractivity contribution is -0.00767. The predicted octanol–water partition coefficient (Wildman–Crippen LogP) is 2.82. The molecule has 0 radical (unpaired) electrons. The molecule has 1 saturated carbocycles. The van der Waals surface area contributed by atoms with E-state index >= 15 is 0 Å². The normalized spacial score (nSPS) is 27.5. The van der Waals surface area contributed by atoms with Crippen molar-refractivity contribution in [3.63, 3.8) is 0 Å². The summed E-state index contributed by atoms with van der Waals surface area (Å²) in [6.45, 7) is 4.03. The van der Waals surface area contributed by atoms with Crippen LogP contribution in [-0.4, -0.2) is 24.3 Å². The van der Waals surface area contributed by atoms with Gasteiger partial charge in [0.15, 0.2) is 0 Å². The Kier molecular flexibility index (Phi) is 4.48. The molecule has 3 heteroatoms. The SMILES string of the molecule is CNC1CCC(O)(c2ccc(OC(C)C)cc2)CC1. The van der Waals surface area contributed by atoms with Crippen molar-refractivity contribution < 1.29 is 9.84 Å². The van der Waals surface area contributed by atoms with Gasteiger partial charge in [-0.25, -0.2) is 0 Å². The molecule has 2 N–H and O–H groups in total. The van der Waals surface area contributed by atoms with Crippen molar-refractivity contribution in [2.45, 2.75) is 57.3 Å². The van der Waals surface area contributed by atoms with E-state index in [0.29, 0.717) is 6.04 Å². The van der Waals surface area contributed by atoms with E-state index in [0.717, 1.165) is 37.0 Å². The van der Waals surface area contributed by atoms with Crippen LogP contribution in [0.15, 0.2) is 24.3 Å². The molecule has 1 fully saturated rings. The van der Waals surface area contributed by atoms with E-state index in [1.807, 2.05) is 45.2 Å². The molecule has 1 aliphatic carbocycles. The summed E-state index contributed by atoms with van der Waals surface area (Å²) >= 11 is 0. The highest BCUT2D eigenvalue weighted by atomic mass is 16.5. The Morgan fingerprint density at radius 1 is 1.21 bits per heavy atom. The lowest BCUT2D eigenvalue weighted by Gasteiger charge is -2.36. The molecule has 2 rings (SSSR count). The molecule has 3 nitrogen and oxygen atoms in total. The number of hydrogen-bond acceptors (Lipinski definition) is 3. The maximum atomic E-state index is 10.8. The van der Waals surface area contributed by atoms with Crippen molar-refractivity contribution in [1.29, 1.82) is 0 Å². The summed E-state index contributed by atoms with van der Waals surface area (Å²) in [6.07, 6.45) is 3.88. The van der Waals surface area contributed by atoms with Crippen molar-refractivity contribution in [3.8, 4) is 5.75 Å². The van der Waals surface area contributed by atoms with Gasteiger partial charge in [-0.2, -0.15) is 0 Å². The van der Waals surface area contributed by atoms with Gasteiger partial charge >= 0.3 is 0 Å². The maximum absolute atomic E-state index is 10.8. The fraction of sp³-hybridized carbons (Fsp3) is 0.625. The summed E-state index contributed by atoms with van der Waals surface area (Å²) in [4.78, 5) is 0. The first-order valence-electron chi connectivity index (χ1n) is 7.20. The van der Waals surface area contributed by atoms with E-state index in [1.165, 1.54) is 0 Å². The summed E-state index contributed by atoms with van der Waals surface area (Å²) in [7, 11) is 1.99. The van der Waals surface area contributed by atoms with Crippen LogP contribution in [0.3, 0.4) is 0 Å². The molecule has 0 saturated heterocycles. The van der Waals surface area contributed by atoms with Gasteiger partial charge in [0, 0.05) is 6.04 Å². The highest BCUT2D eigenvalue weighted by Crippen LogP contribution is 2.37. The summed E-state index contributed by atoms with van der Waals surface area (Å²) in [6, 6.07) is 8.45. The second-order valence-electron chi connectivity index (χ2n) is 5.79. The molecule has 1 aliphatic rings. The van der Waals surface area contributed by atoms with Crippen LogP contribution in [0.1, 0.15) is 45.1 Å². The minimum absolute atomic E-state index is 0.181. The maximum Gasteiger partial charge on any atom is 0.119 e. The molecule has 0 amide bonds. The molecule has 1 aromatic rings. The monoisotopic (exact) mass is 263 g/mol. The summed E-state index contributed by atoms with van der Waals surface area (Å²) in [5.41, 5.74) is 0.349. The number of nitrogens with one attached hydrogen (secondary N) is 1. The lowest BCUT2D eigenvalue weighted by atomic mass is 9.78. The van der Waals surface area contributed by atoms with Crippen LogP contribution in [0.4, 0.5) is 0 Å². The van der Waals surface area contributed by atoms with Crippen LogP contribution < -0.4 is 10.1 Å². The van der Waals surface area contributed by atoms with E-state index in [2.05, 4.69) is 5.32 Å². The first-order valence-corrected chi connectivity index (χ1v) is 7.20. The van der Waals surface area contributed by atoms with Crippen LogP contribution in [0.5, 0.6) is 5.75 Å². The van der Waals surface area contributed by atoms with Gasteiger partial charge < -0.3 is 15.2 Å². The second-order valence-corrected chi connectivity index (χ2v) is 5.79. The molecule has 0 aliphatic heterocycles. The van der Waals surface area contributed by atoms with Gasteiger partial charge in [-0.15, -0.1) is 0 Å². The van der Waals surface area contributed by atoms with Gasteiger partial charge in [-0.3, -0.25) is 0 Å². The number of aliphatic hydroxyl groups is 1. The number of ether oxygens (including phenoxy) is 1. The summed E-state index contributed by atoms with van der Waals surface area (Å²) in [5, 5.41) is 14.1. The van der Waals surface area contributed by atoms with Crippen LogP contribution in [0.2, 0.25) is 0 Å². The van der Waals surface area contributed by atoms with Gasteiger partial charge in [0.05, 0.1) is 11.7 Å². The highest BCUT2D eigenvalue weighted by molar-refractivity contribution is 5.31. The zero-order valence-electron chi connectivity index (χ0n) is 12.1. The Balaban J connectivity index is 2.05. The molecule has 1 aromatic carbocycles. The molecule has 0 spiro atoms. The Labute approximate surface area is 116 Å². The van der Waals surface area contributed by atoms with Gasteiger partial charge in [0.2, 0.25) is 0 Å². The van der Waals surface area contributed by atoms with Crippen molar-refractivity contribution in [2.24, 2.45) is 0 Å². The first kappa shape index (κ1) is 14.4. The van der Waals surface area contributed by atoms with E-state index < -0.39 is 5.60 Å². The first-order chi connectivity index (χ1) is 9.03. The van der Waals surface area contributed by atoms with Crippen LogP contribution in [0.25, 0.3) is 0 Å². The zero-order chi connectivity index (χ0) is 13.9. The van der Waals surface area contributed by atoms with Gasteiger partial charge in [-0.05, 0) is 64.3 Å². The minimum atomic E-state index is -0.663. The largest absolute Gasteiger partial charge is 0.491 e. The number of hydrogen-bond donors (Lipinski definition) is 2. The molecule has 106 valence electrons. The molecule has 0 heterocycles. The second kappa shape index (κ2) is 5.93. The smallest absolute Gasteiger partial charge is 0.119 e. The van der Waals surface area contributed by atoms with Crippen molar-refractivity contribution >= 4 is 0 Å². The number of rotatable bonds is 4. The van der Waals surface area contributed by atoms with E-state index in [9.17, 15) is 5.11 Å². The average Bonchev–Trinajstić information content (AvgIpc) is 2.40. The minimum Gasteiger partial charge on any atom is -0.491 e. The molecule has 19 heavy (non-hydrogen) atoms. The number of benzene rings is 1. The summed E-state index contributed by atoms with van der Waals surface area (Å²) < 4.78 is 5.63. The standard InChI is InChI=1S/C16H25NO2/c1-12(2)19-15-6-4-13(5-7-15)16(18)10-8-14(17-3)9-11-16/h4-7,12,14,17-18H,8-11H2,1-3H3. The van der Waals surface area contributed by atoms with Gasteiger partial charge in [-0.1, -0.05) is 12.1 Å². The highest BCUT2D eigenvalue weighted by Gasteiger charge is 2.34. The molecule has 0 unspecified atom stereocenters. The predicted molar refractivity (Wildman–Crippen MR) is 77.4 cm³/mol. The van der Waals surface area contributed by atoms with E-state index in [4.69, 9.17) is 4.74 Å². The van der Waals surface area contributed by atoms with Gasteiger partial charge in [0.25, 0.3) is 0 Å². The Hall–Kier alpha value is -1.06. The fourth-order valence-corrected chi connectivity index (χ4v) is 2.79. The van der Waals surface area contributed by atoms with Crippen LogP contribution in [-0.2, 0) is 5.60 Å². The van der Waals surface area contributed by atoms with Crippen molar-refractivity contribution in [3.05, 3.63) is 29.8 Å². The molecule has 0 aromatic heterocycles. The molecule has 0 atom stereocenters. The summed E-state index contributed by atoms with van der Waals surface area (Å²) in [5.74, 6) is 0.867. The van der Waals surface area contributed by atoms with E-state index in [-0.39, 0.29) is 6.10 Å². The van der Waals surface area contributed by atoms with E-state index in [1.54, 1.807) is 0 Å². The Bertz CT molecular complexity index is 392. The zero-order valence-corrected chi connectivity index (χ0v) is 12.1. The third kappa shape index (κ3) is 3.48. The van der Waals surface area contributed by atoms with Crippen molar-refractivity contribution in [1.82, 2.24) is 5.32 Å². The third-order valence-electron chi connectivity index (χ3n) is 3.98. The topological polar surface area (TPSA) is 41.5 Å². The quantitative estimate of drug-likeness (QED) is 0.877. The molecule has 0 bridgehead atoms. The van der Waals surface area contributed by atoms with Crippen LogP contribution in [0, 0.1) is 0 Å². The Morgan fingerprint density at radius 2 is 1.79 bits per heavy atom. The van der Waals surface area contributed by atoms with Gasteiger partial charge in [0.1, 0.15) is 5.75 Å². The van der Waals surface area contributed by atoms with Crippen molar-refractivity contribution in [2.75, 3.05) is 7.05 Å². The van der Waals surface area contributed by atoms with Crippen LogP contribution >= 0.6 is 0 Å². The molecular weight excluding hydrogens is 238 g/mol. The molecular formula is C16H25NO2. The lowest BCUT2D eigenvalue weighted by Crippen LogP contribution is -2.38.